The molecular weight excluding hydrogens is 460 g/mol. The third-order valence-corrected chi connectivity index (χ3v) is 6.25. The number of benzene rings is 2. The second-order valence-corrected chi connectivity index (χ2v) is 9.83. The van der Waals surface area contributed by atoms with Crippen LogP contribution in [0.5, 0.6) is 5.75 Å². The molecule has 2 aromatic rings. The number of allylic oxidation sites excluding steroid dienone is 2. The average molecular weight is 491 g/mol. The molecule has 0 bridgehead atoms. The third kappa shape index (κ3) is 5.12. The molecule has 1 amide bonds. The number of carbonyl (C=O) groups is 3. The first-order chi connectivity index (χ1) is 17.1. The highest BCUT2D eigenvalue weighted by atomic mass is 16.5. The van der Waals surface area contributed by atoms with Crippen LogP contribution in [0, 0.1) is 12.3 Å². The standard InChI is InChI=1S/C28H30N2O6/c1-16-8-7-9-17(12-16)30-22(32)15-35-20-11-6-5-10-18(20)23-24-19(31)13-28(2,3)14-21(24)36-26(29)25(23)27(33)34-4/h5-12,23H,13-15,29H2,1-4H3,(H,30,32). The first-order valence-electron chi connectivity index (χ1n) is 11.7. The number of esters is 1. The van der Waals surface area contributed by atoms with Gasteiger partial charge in [0, 0.05) is 29.7 Å². The van der Waals surface area contributed by atoms with Crippen LogP contribution in [0.1, 0.15) is 43.7 Å². The van der Waals surface area contributed by atoms with Gasteiger partial charge in [-0.15, -0.1) is 0 Å². The van der Waals surface area contributed by atoms with Gasteiger partial charge in [-0.2, -0.15) is 0 Å². The van der Waals surface area contributed by atoms with Gasteiger partial charge in [0.15, 0.2) is 12.4 Å². The summed E-state index contributed by atoms with van der Waals surface area (Å²) in [6.07, 6.45) is 0.781. The van der Waals surface area contributed by atoms with Crippen molar-refractivity contribution in [3.63, 3.8) is 0 Å². The fourth-order valence-corrected chi connectivity index (χ4v) is 4.72. The number of Topliss-reactive ketones (excluding diaryl/α,β-unsaturated/α-hetero) is 1. The van der Waals surface area contributed by atoms with Gasteiger partial charge in [0.2, 0.25) is 5.88 Å². The molecule has 4 rings (SSSR count). The van der Waals surface area contributed by atoms with Crippen LogP contribution < -0.4 is 15.8 Å². The molecule has 1 atom stereocenters. The van der Waals surface area contributed by atoms with Crippen molar-refractivity contribution in [3.05, 3.63) is 82.4 Å². The van der Waals surface area contributed by atoms with Crippen LogP contribution in [-0.4, -0.2) is 31.4 Å². The second kappa shape index (κ2) is 9.89. The number of anilines is 1. The van der Waals surface area contributed by atoms with E-state index in [1.54, 1.807) is 30.3 Å². The van der Waals surface area contributed by atoms with Gasteiger partial charge in [0.1, 0.15) is 17.1 Å². The van der Waals surface area contributed by atoms with Gasteiger partial charge in [-0.05, 0) is 36.1 Å². The van der Waals surface area contributed by atoms with Crippen LogP contribution in [0.3, 0.4) is 0 Å². The number of nitrogens with two attached hydrogens (primary N) is 1. The summed E-state index contributed by atoms with van der Waals surface area (Å²) in [6, 6.07) is 14.4. The summed E-state index contributed by atoms with van der Waals surface area (Å²) in [6.45, 7) is 5.62. The molecule has 1 aliphatic heterocycles. The van der Waals surface area contributed by atoms with Crippen LogP contribution in [0.25, 0.3) is 0 Å². The molecule has 1 unspecified atom stereocenters. The number of nitrogens with one attached hydrogen (secondary N) is 1. The second-order valence-electron chi connectivity index (χ2n) is 9.83. The molecule has 2 aliphatic rings. The van der Waals surface area contributed by atoms with Crippen LogP contribution in [0.15, 0.2) is 71.3 Å². The molecule has 2 aromatic carbocycles. The number of ether oxygens (including phenoxy) is 3. The smallest absolute Gasteiger partial charge is 0.340 e. The molecular formula is C28H30N2O6. The Hall–Kier alpha value is -4.07. The number of amides is 1. The highest BCUT2D eigenvalue weighted by molar-refractivity contribution is 6.03. The molecule has 1 heterocycles. The Morgan fingerprint density at radius 1 is 1.14 bits per heavy atom. The van der Waals surface area contributed by atoms with Crippen LogP contribution in [-0.2, 0) is 23.9 Å². The quantitative estimate of drug-likeness (QED) is 0.585. The average Bonchev–Trinajstić information content (AvgIpc) is 2.81. The van der Waals surface area contributed by atoms with E-state index >= 15 is 0 Å². The Morgan fingerprint density at radius 3 is 2.61 bits per heavy atom. The Labute approximate surface area is 210 Å². The number of hydrogen-bond acceptors (Lipinski definition) is 7. The Morgan fingerprint density at radius 2 is 1.89 bits per heavy atom. The number of ketones is 1. The van der Waals surface area contributed by atoms with E-state index in [1.165, 1.54) is 7.11 Å². The molecule has 0 saturated heterocycles. The minimum absolute atomic E-state index is 0.0320. The molecule has 3 N–H and O–H groups in total. The number of rotatable bonds is 6. The number of hydrogen-bond donors (Lipinski definition) is 2. The Kier molecular flexibility index (Phi) is 6.88. The molecule has 8 heteroatoms. The van der Waals surface area contributed by atoms with E-state index in [0.29, 0.717) is 41.2 Å². The summed E-state index contributed by atoms with van der Waals surface area (Å²) in [5.74, 6) is -1.34. The summed E-state index contributed by atoms with van der Waals surface area (Å²) in [5, 5.41) is 2.81. The van der Waals surface area contributed by atoms with Crippen molar-refractivity contribution in [2.24, 2.45) is 11.1 Å². The van der Waals surface area contributed by atoms with E-state index < -0.39 is 11.9 Å². The summed E-state index contributed by atoms with van der Waals surface area (Å²) in [4.78, 5) is 38.7. The van der Waals surface area contributed by atoms with Crippen molar-refractivity contribution in [2.45, 2.75) is 39.5 Å². The predicted molar refractivity (Wildman–Crippen MR) is 134 cm³/mol. The molecule has 0 spiro atoms. The maximum atomic E-state index is 13.3. The zero-order valence-electron chi connectivity index (χ0n) is 20.8. The minimum atomic E-state index is -0.846. The predicted octanol–water partition coefficient (Wildman–Crippen LogP) is 4.11. The maximum Gasteiger partial charge on any atom is 0.340 e. The van der Waals surface area contributed by atoms with Gasteiger partial charge < -0.3 is 25.3 Å². The maximum absolute atomic E-state index is 13.3. The lowest BCUT2D eigenvalue weighted by Gasteiger charge is -2.38. The van der Waals surface area contributed by atoms with E-state index in [4.69, 9.17) is 19.9 Å². The number of carbonyl (C=O) groups excluding carboxylic acids is 3. The largest absolute Gasteiger partial charge is 0.483 e. The van der Waals surface area contributed by atoms with Crippen molar-refractivity contribution < 1.29 is 28.6 Å². The number of methoxy groups -OCH3 is 1. The molecule has 36 heavy (non-hydrogen) atoms. The zero-order valence-corrected chi connectivity index (χ0v) is 20.8. The topological polar surface area (TPSA) is 117 Å². The highest BCUT2D eigenvalue weighted by Gasteiger charge is 2.45. The minimum Gasteiger partial charge on any atom is -0.483 e. The van der Waals surface area contributed by atoms with Crippen molar-refractivity contribution >= 4 is 23.3 Å². The lowest BCUT2D eigenvalue weighted by molar-refractivity contribution is -0.136. The highest BCUT2D eigenvalue weighted by Crippen LogP contribution is 2.49. The monoisotopic (exact) mass is 490 g/mol. The zero-order chi connectivity index (χ0) is 26.0. The van der Waals surface area contributed by atoms with Gasteiger partial charge >= 0.3 is 5.97 Å². The van der Waals surface area contributed by atoms with Gasteiger partial charge in [-0.3, -0.25) is 9.59 Å². The van der Waals surface area contributed by atoms with Gasteiger partial charge in [-0.25, -0.2) is 4.79 Å². The van der Waals surface area contributed by atoms with E-state index in [1.807, 2.05) is 39.0 Å². The first kappa shape index (κ1) is 25.0. The van der Waals surface area contributed by atoms with Crippen molar-refractivity contribution in [1.82, 2.24) is 0 Å². The SMILES string of the molecule is COC(=O)C1=C(N)OC2=C(C(=O)CC(C)(C)C2)C1c1ccccc1OCC(=O)Nc1cccc(C)c1. The molecule has 0 saturated carbocycles. The Bertz CT molecular complexity index is 1290. The first-order valence-corrected chi connectivity index (χ1v) is 11.7. The summed E-state index contributed by atoms with van der Waals surface area (Å²) < 4.78 is 16.7. The van der Waals surface area contributed by atoms with Gasteiger partial charge in [-0.1, -0.05) is 44.2 Å². The Balaban J connectivity index is 1.68. The molecule has 188 valence electrons. The molecule has 8 nitrogen and oxygen atoms in total. The van der Waals surface area contributed by atoms with E-state index in [9.17, 15) is 14.4 Å². The molecule has 0 aromatic heterocycles. The lowest BCUT2D eigenvalue weighted by atomic mass is 9.70. The van der Waals surface area contributed by atoms with Crippen LogP contribution >= 0.6 is 0 Å². The summed E-state index contributed by atoms with van der Waals surface area (Å²) in [7, 11) is 1.24. The van der Waals surface area contributed by atoms with E-state index in [0.717, 1.165) is 5.56 Å². The fraction of sp³-hybridized carbons (Fsp3) is 0.321. The number of aryl methyl sites for hydroxylation is 1. The molecule has 0 fully saturated rings. The van der Waals surface area contributed by atoms with E-state index in [2.05, 4.69) is 5.32 Å². The summed E-state index contributed by atoms with van der Waals surface area (Å²) >= 11 is 0. The van der Waals surface area contributed by atoms with Crippen LogP contribution in [0.4, 0.5) is 5.69 Å². The summed E-state index contributed by atoms with van der Waals surface area (Å²) in [5.41, 5.74) is 8.49. The third-order valence-electron chi connectivity index (χ3n) is 6.25. The fourth-order valence-electron chi connectivity index (χ4n) is 4.72. The lowest BCUT2D eigenvalue weighted by Crippen LogP contribution is -2.35. The molecule has 1 aliphatic carbocycles. The van der Waals surface area contributed by atoms with Gasteiger partial charge in [0.05, 0.1) is 13.0 Å². The van der Waals surface area contributed by atoms with Crippen molar-refractivity contribution in [1.29, 1.82) is 0 Å². The van der Waals surface area contributed by atoms with Crippen LogP contribution in [0.2, 0.25) is 0 Å². The van der Waals surface area contributed by atoms with E-state index in [-0.39, 0.29) is 35.2 Å². The normalized spacial score (nSPS) is 18.8. The van der Waals surface area contributed by atoms with Gasteiger partial charge in [0.25, 0.3) is 5.91 Å². The number of para-hydroxylation sites is 1. The molecule has 0 radical (unpaired) electrons. The van der Waals surface area contributed by atoms with Crippen molar-refractivity contribution in [3.8, 4) is 5.75 Å². The van der Waals surface area contributed by atoms with Crippen molar-refractivity contribution in [2.75, 3.05) is 19.0 Å².